The lowest BCUT2D eigenvalue weighted by Gasteiger charge is -2.28. The van der Waals surface area contributed by atoms with E-state index < -0.39 is 0 Å². The molecule has 0 amide bonds. The van der Waals surface area contributed by atoms with Crippen molar-refractivity contribution < 1.29 is 4.74 Å². The first-order valence-electron chi connectivity index (χ1n) is 8.68. The molecule has 2 unspecified atom stereocenters. The molecule has 0 aromatic carbocycles. The molecule has 1 rings (SSSR count). The van der Waals surface area contributed by atoms with Gasteiger partial charge in [0.15, 0.2) is 0 Å². The van der Waals surface area contributed by atoms with E-state index >= 15 is 0 Å². The van der Waals surface area contributed by atoms with Crippen molar-refractivity contribution in [1.29, 1.82) is 0 Å². The van der Waals surface area contributed by atoms with Crippen molar-refractivity contribution in [2.75, 3.05) is 13.2 Å². The summed E-state index contributed by atoms with van der Waals surface area (Å²) in [5.41, 5.74) is 0. The second-order valence-electron chi connectivity index (χ2n) is 5.98. The van der Waals surface area contributed by atoms with Crippen LogP contribution in [0.3, 0.4) is 0 Å². The van der Waals surface area contributed by atoms with E-state index in [2.05, 4.69) is 26.1 Å². The summed E-state index contributed by atoms with van der Waals surface area (Å²) in [7, 11) is 0. The van der Waals surface area contributed by atoms with Crippen LogP contribution < -0.4 is 5.32 Å². The maximum Gasteiger partial charge on any atom is 0.0755 e. The van der Waals surface area contributed by atoms with Gasteiger partial charge in [-0.1, -0.05) is 52.4 Å². The molecule has 0 radical (unpaired) electrons. The Bertz CT molecular complexity index is 203. The average Bonchev–Trinajstić information content (AvgIpc) is 3.23. The SMILES string of the molecule is CCCCCCCCC(NCC)C(OCC)C1CC1. The molecule has 1 fully saturated rings. The van der Waals surface area contributed by atoms with Crippen LogP contribution in [0.2, 0.25) is 0 Å². The molecule has 0 heterocycles. The van der Waals surface area contributed by atoms with Crippen LogP contribution in [0, 0.1) is 5.92 Å². The number of hydrogen-bond acceptors (Lipinski definition) is 2. The second-order valence-corrected chi connectivity index (χ2v) is 5.98. The van der Waals surface area contributed by atoms with Crippen LogP contribution in [0.5, 0.6) is 0 Å². The standard InChI is InChI=1S/C17H35NO/c1-4-7-8-9-10-11-12-16(18-5-2)17(19-6-3)15-13-14-15/h15-18H,4-14H2,1-3H3. The Morgan fingerprint density at radius 3 is 2.26 bits per heavy atom. The van der Waals surface area contributed by atoms with Gasteiger partial charge in [0.25, 0.3) is 0 Å². The third-order valence-corrected chi connectivity index (χ3v) is 4.18. The normalized spacial score (nSPS) is 18.5. The zero-order valence-corrected chi connectivity index (χ0v) is 13.4. The summed E-state index contributed by atoms with van der Waals surface area (Å²) < 4.78 is 6.01. The lowest BCUT2D eigenvalue weighted by Crippen LogP contribution is -2.42. The zero-order chi connectivity index (χ0) is 13.9. The Morgan fingerprint density at radius 2 is 1.68 bits per heavy atom. The molecule has 0 aromatic heterocycles. The van der Waals surface area contributed by atoms with Crippen molar-refractivity contribution in [2.45, 2.75) is 90.7 Å². The first kappa shape index (κ1) is 17.0. The van der Waals surface area contributed by atoms with Gasteiger partial charge in [0.2, 0.25) is 0 Å². The van der Waals surface area contributed by atoms with Crippen molar-refractivity contribution in [3.05, 3.63) is 0 Å². The van der Waals surface area contributed by atoms with Crippen molar-refractivity contribution in [3.63, 3.8) is 0 Å². The zero-order valence-electron chi connectivity index (χ0n) is 13.4. The van der Waals surface area contributed by atoms with Crippen LogP contribution in [-0.2, 0) is 4.74 Å². The Labute approximate surface area is 120 Å². The van der Waals surface area contributed by atoms with E-state index in [9.17, 15) is 0 Å². The second kappa shape index (κ2) is 10.7. The van der Waals surface area contributed by atoms with E-state index in [0.29, 0.717) is 12.1 Å². The Kier molecular flexibility index (Phi) is 9.54. The number of unbranched alkanes of at least 4 members (excludes halogenated alkanes) is 5. The summed E-state index contributed by atoms with van der Waals surface area (Å²) in [6.07, 6.45) is 12.8. The number of ether oxygens (including phenoxy) is 1. The molecule has 0 bridgehead atoms. The molecule has 2 nitrogen and oxygen atoms in total. The number of rotatable bonds is 13. The largest absolute Gasteiger partial charge is 0.377 e. The average molecular weight is 269 g/mol. The van der Waals surface area contributed by atoms with E-state index in [-0.39, 0.29) is 0 Å². The molecule has 0 aromatic rings. The van der Waals surface area contributed by atoms with Gasteiger partial charge < -0.3 is 10.1 Å². The topological polar surface area (TPSA) is 21.3 Å². The van der Waals surface area contributed by atoms with Crippen LogP contribution >= 0.6 is 0 Å². The molecule has 0 spiro atoms. The molecule has 1 aliphatic rings. The molecule has 0 saturated heterocycles. The molecule has 2 heteroatoms. The smallest absolute Gasteiger partial charge is 0.0755 e. The summed E-state index contributed by atoms with van der Waals surface area (Å²) >= 11 is 0. The minimum absolute atomic E-state index is 0.473. The van der Waals surface area contributed by atoms with Crippen molar-refractivity contribution in [2.24, 2.45) is 5.92 Å². The van der Waals surface area contributed by atoms with Crippen molar-refractivity contribution >= 4 is 0 Å². The van der Waals surface area contributed by atoms with Gasteiger partial charge in [0.05, 0.1) is 6.10 Å². The molecular formula is C17H35NO. The maximum absolute atomic E-state index is 6.01. The predicted molar refractivity (Wildman–Crippen MR) is 83.6 cm³/mol. The first-order chi connectivity index (χ1) is 9.33. The predicted octanol–water partition coefficient (Wildman–Crippen LogP) is 4.53. The maximum atomic E-state index is 6.01. The van der Waals surface area contributed by atoms with Crippen LogP contribution in [-0.4, -0.2) is 25.3 Å². The summed E-state index contributed by atoms with van der Waals surface area (Å²) in [4.78, 5) is 0. The van der Waals surface area contributed by atoms with Crippen molar-refractivity contribution in [3.8, 4) is 0 Å². The fourth-order valence-corrected chi connectivity index (χ4v) is 2.99. The highest BCUT2D eigenvalue weighted by Gasteiger charge is 2.36. The highest BCUT2D eigenvalue weighted by molar-refractivity contribution is 4.90. The summed E-state index contributed by atoms with van der Waals surface area (Å²) in [6.45, 7) is 8.55. The Morgan fingerprint density at radius 1 is 1.00 bits per heavy atom. The van der Waals surface area contributed by atoms with Crippen LogP contribution in [0.15, 0.2) is 0 Å². The molecule has 19 heavy (non-hydrogen) atoms. The summed E-state index contributed by atoms with van der Waals surface area (Å²) in [6, 6.07) is 0.587. The van der Waals surface area contributed by atoms with Crippen LogP contribution in [0.4, 0.5) is 0 Å². The lowest BCUT2D eigenvalue weighted by molar-refractivity contribution is 0.0167. The van der Waals surface area contributed by atoms with E-state index in [4.69, 9.17) is 4.74 Å². The monoisotopic (exact) mass is 269 g/mol. The quantitative estimate of drug-likeness (QED) is 0.496. The lowest BCUT2D eigenvalue weighted by atomic mass is 9.98. The Balaban J connectivity index is 2.22. The van der Waals surface area contributed by atoms with Crippen LogP contribution in [0.1, 0.15) is 78.6 Å². The molecular weight excluding hydrogens is 234 g/mol. The fourth-order valence-electron chi connectivity index (χ4n) is 2.99. The highest BCUT2D eigenvalue weighted by Crippen LogP contribution is 2.36. The minimum Gasteiger partial charge on any atom is -0.377 e. The number of likely N-dealkylation sites (N-methyl/N-ethyl adjacent to an activating group) is 1. The van der Waals surface area contributed by atoms with Gasteiger partial charge in [-0.25, -0.2) is 0 Å². The molecule has 1 N–H and O–H groups in total. The number of hydrogen-bond donors (Lipinski definition) is 1. The highest BCUT2D eigenvalue weighted by atomic mass is 16.5. The van der Waals surface area contributed by atoms with Gasteiger partial charge in [-0.05, 0) is 38.6 Å². The minimum atomic E-state index is 0.473. The third-order valence-electron chi connectivity index (χ3n) is 4.18. The van der Waals surface area contributed by atoms with Gasteiger partial charge in [-0.2, -0.15) is 0 Å². The molecule has 1 aliphatic carbocycles. The van der Waals surface area contributed by atoms with Gasteiger partial charge in [-0.15, -0.1) is 0 Å². The third kappa shape index (κ3) is 7.31. The molecule has 114 valence electrons. The van der Waals surface area contributed by atoms with Crippen molar-refractivity contribution in [1.82, 2.24) is 5.32 Å². The number of nitrogens with one attached hydrogen (secondary N) is 1. The van der Waals surface area contributed by atoms with Crippen LogP contribution in [0.25, 0.3) is 0 Å². The Hall–Kier alpha value is -0.0800. The van der Waals surface area contributed by atoms with Gasteiger partial charge in [0.1, 0.15) is 0 Å². The first-order valence-corrected chi connectivity index (χ1v) is 8.68. The van der Waals surface area contributed by atoms with E-state index in [1.165, 1.54) is 57.8 Å². The van der Waals surface area contributed by atoms with Gasteiger partial charge in [-0.3, -0.25) is 0 Å². The summed E-state index contributed by atoms with van der Waals surface area (Å²) in [5.74, 6) is 0.837. The van der Waals surface area contributed by atoms with E-state index in [1.807, 2.05) is 0 Å². The fraction of sp³-hybridized carbons (Fsp3) is 1.00. The van der Waals surface area contributed by atoms with E-state index in [1.54, 1.807) is 0 Å². The summed E-state index contributed by atoms with van der Waals surface area (Å²) in [5, 5.41) is 3.67. The van der Waals surface area contributed by atoms with Gasteiger partial charge >= 0.3 is 0 Å². The van der Waals surface area contributed by atoms with E-state index in [0.717, 1.165) is 19.1 Å². The molecule has 0 aliphatic heterocycles. The molecule has 1 saturated carbocycles. The molecule has 2 atom stereocenters. The van der Waals surface area contributed by atoms with Gasteiger partial charge in [0, 0.05) is 12.6 Å².